The van der Waals surface area contributed by atoms with Crippen molar-refractivity contribution in [3.63, 3.8) is 0 Å². The van der Waals surface area contributed by atoms with Crippen molar-refractivity contribution >= 4 is 44.5 Å². The van der Waals surface area contributed by atoms with E-state index < -0.39 is 12.0 Å². The van der Waals surface area contributed by atoms with E-state index in [2.05, 4.69) is 21.2 Å². The minimum absolute atomic E-state index is 0.0889. The number of nitrogens with one attached hydrogen (secondary N) is 1. The molecule has 178 valence electrons. The Bertz CT molecular complexity index is 1250. The number of aliphatic carboxylic acids is 1. The molecule has 0 fully saturated rings. The summed E-state index contributed by atoms with van der Waals surface area (Å²) in [6.07, 6.45) is 2.34. The topological polar surface area (TPSA) is 88.4 Å². The Morgan fingerprint density at radius 3 is 2.59 bits per heavy atom. The predicted molar refractivity (Wildman–Crippen MR) is 131 cm³/mol. The number of fused-ring (bicyclic) bond motifs is 3. The first-order chi connectivity index (χ1) is 16.3. The number of benzene rings is 2. The van der Waals surface area contributed by atoms with Gasteiger partial charge in [0.1, 0.15) is 11.9 Å². The van der Waals surface area contributed by atoms with E-state index in [1.54, 1.807) is 30.3 Å². The number of amides is 1. The lowest BCUT2D eigenvalue weighted by Gasteiger charge is -2.26. The van der Waals surface area contributed by atoms with E-state index in [4.69, 9.17) is 0 Å². The molecule has 1 amide bonds. The van der Waals surface area contributed by atoms with Crippen LogP contribution >= 0.6 is 15.9 Å². The van der Waals surface area contributed by atoms with Crippen LogP contribution < -0.4 is 5.32 Å². The van der Waals surface area contributed by atoms with E-state index in [-0.39, 0.29) is 36.4 Å². The van der Waals surface area contributed by atoms with Crippen LogP contribution in [0.5, 0.6) is 0 Å². The van der Waals surface area contributed by atoms with Crippen molar-refractivity contribution in [3.05, 3.63) is 69.6 Å². The Kier molecular flexibility index (Phi) is 7.16. The Labute approximate surface area is 205 Å². The van der Waals surface area contributed by atoms with E-state index in [1.165, 1.54) is 12.1 Å². The summed E-state index contributed by atoms with van der Waals surface area (Å²) >= 11 is 3.34. The molecule has 2 aromatic carbocycles. The second-order valence-corrected chi connectivity index (χ2v) is 9.57. The fourth-order valence-electron chi connectivity index (χ4n) is 4.82. The highest BCUT2D eigenvalue weighted by Gasteiger charge is 2.31. The third-order valence-corrected chi connectivity index (χ3v) is 6.99. The van der Waals surface area contributed by atoms with Crippen LogP contribution in [0.2, 0.25) is 0 Å². The summed E-state index contributed by atoms with van der Waals surface area (Å²) in [6, 6.07) is 10.6. The van der Waals surface area contributed by atoms with E-state index >= 15 is 0 Å². The van der Waals surface area contributed by atoms with Crippen LogP contribution in [0.1, 0.15) is 60.3 Å². The normalized spacial score (nSPS) is 16.1. The van der Waals surface area contributed by atoms with E-state index in [0.29, 0.717) is 42.1 Å². The average Bonchev–Trinajstić information content (AvgIpc) is 3.11. The highest BCUT2D eigenvalue weighted by Crippen LogP contribution is 2.36. The number of carbonyl (C=O) groups is 3. The summed E-state index contributed by atoms with van der Waals surface area (Å²) in [6.45, 7) is 1.82. The van der Waals surface area contributed by atoms with Gasteiger partial charge in [-0.2, -0.15) is 0 Å². The molecule has 1 aliphatic carbocycles. The lowest BCUT2D eigenvalue weighted by Crippen LogP contribution is -2.39. The second-order valence-electron chi connectivity index (χ2n) is 8.66. The van der Waals surface area contributed by atoms with Crippen molar-refractivity contribution < 1.29 is 23.9 Å². The van der Waals surface area contributed by atoms with Crippen molar-refractivity contribution in [1.29, 1.82) is 0 Å². The van der Waals surface area contributed by atoms with Crippen molar-refractivity contribution in [1.82, 2.24) is 9.88 Å². The Morgan fingerprint density at radius 2 is 1.91 bits per heavy atom. The van der Waals surface area contributed by atoms with Gasteiger partial charge in [-0.25, -0.2) is 9.18 Å². The molecule has 1 aliphatic rings. The number of ketones is 1. The highest BCUT2D eigenvalue weighted by atomic mass is 79.9. The maximum atomic E-state index is 14.1. The van der Waals surface area contributed by atoms with Crippen LogP contribution in [-0.4, -0.2) is 33.4 Å². The van der Waals surface area contributed by atoms with Crippen LogP contribution in [0, 0.1) is 5.82 Å². The number of carboxylic acids is 1. The Morgan fingerprint density at radius 1 is 1.18 bits per heavy atom. The van der Waals surface area contributed by atoms with E-state index in [9.17, 15) is 23.9 Å². The zero-order valence-electron chi connectivity index (χ0n) is 18.8. The summed E-state index contributed by atoms with van der Waals surface area (Å²) < 4.78 is 16.8. The summed E-state index contributed by atoms with van der Waals surface area (Å²) in [5, 5.41) is 13.5. The third-order valence-electron chi connectivity index (χ3n) is 6.46. The minimum atomic E-state index is -0.919. The van der Waals surface area contributed by atoms with Crippen LogP contribution in [-0.2, 0) is 22.4 Å². The fourth-order valence-corrected chi connectivity index (χ4v) is 5.08. The van der Waals surface area contributed by atoms with Gasteiger partial charge >= 0.3 is 5.97 Å². The first-order valence-electron chi connectivity index (χ1n) is 11.4. The van der Waals surface area contributed by atoms with Crippen molar-refractivity contribution in [2.45, 2.75) is 57.5 Å². The molecule has 0 spiro atoms. The second kappa shape index (κ2) is 10.1. The average molecular weight is 529 g/mol. The van der Waals surface area contributed by atoms with Crippen LogP contribution in [0.3, 0.4) is 0 Å². The molecule has 6 nitrogen and oxygen atoms in total. The first kappa shape index (κ1) is 24.1. The summed E-state index contributed by atoms with van der Waals surface area (Å²) in [5.74, 6) is -1.59. The van der Waals surface area contributed by atoms with Crippen molar-refractivity contribution in [3.8, 4) is 0 Å². The van der Waals surface area contributed by atoms with Gasteiger partial charge in [0.15, 0.2) is 5.78 Å². The van der Waals surface area contributed by atoms with Gasteiger partial charge in [0.05, 0.1) is 0 Å². The van der Waals surface area contributed by atoms with Gasteiger partial charge in [-0.15, -0.1) is 0 Å². The number of rotatable bonds is 8. The molecule has 0 saturated heterocycles. The Balaban J connectivity index is 1.48. The molecule has 8 heteroatoms. The molecule has 1 heterocycles. The molecule has 0 saturated carbocycles. The predicted octanol–water partition coefficient (Wildman–Crippen LogP) is 5.22. The van der Waals surface area contributed by atoms with Crippen LogP contribution in [0.4, 0.5) is 4.39 Å². The number of hydrogen-bond acceptors (Lipinski definition) is 3. The number of Topliss-reactive ketones (excluding diaryl/α,β-unsaturated/α-hetero) is 1. The molecule has 0 radical (unpaired) electrons. The van der Waals surface area contributed by atoms with Gasteiger partial charge in [0.2, 0.25) is 5.91 Å². The lowest BCUT2D eigenvalue weighted by atomic mass is 9.91. The molecule has 4 rings (SSSR count). The molecule has 2 unspecified atom stereocenters. The maximum Gasteiger partial charge on any atom is 0.326 e. The van der Waals surface area contributed by atoms with Gasteiger partial charge in [-0.3, -0.25) is 9.59 Å². The number of aromatic nitrogens is 1. The number of carboxylic acid groups (broad SMARTS) is 1. The lowest BCUT2D eigenvalue weighted by molar-refractivity contribution is -0.141. The first-order valence-corrected chi connectivity index (χ1v) is 12.2. The molecule has 34 heavy (non-hydrogen) atoms. The summed E-state index contributed by atoms with van der Waals surface area (Å²) in [5.41, 5.74) is 3.05. The van der Waals surface area contributed by atoms with Gasteiger partial charge in [0.25, 0.3) is 0 Å². The largest absolute Gasteiger partial charge is 0.480 e. The van der Waals surface area contributed by atoms with Crippen LogP contribution in [0.25, 0.3) is 10.9 Å². The zero-order chi connectivity index (χ0) is 24.4. The smallest absolute Gasteiger partial charge is 0.326 e. The van der Waals surface area contributed by atoms with E-state index in [0.717, 1.165) is 15.7 Å². The summed E-state index contributed by atoms with van der Waals surface area (Å²) in [7, 11) is 0. The number of hydrogen-bond donors (Lipinski definition) is 2. The number of carbonyl (C=O) groups excluding carboxylic acids is 2. The maximum absolute atomic E-state index is 14.1. The highest BCUT2D eigenvalue weighted by molar-refractivity contribution is 9.10. The molecule has 0 bridgehead atoms. The monoisotopic (exact) mass is 528 g/mol. The van der Waals surface area contributed by atoms with Gasteiger partial charge < -0.3 is 15.0 Å². The number of halogens is 2. The molecular formula is C26H26BrFN2O4. The molecule has 2 N–H and O–H groups in total. The van der Waals surface area contributed by atoms with Gasteiger partial charge in [0, 0.05) is 45.5 Å². The number of nitrogens with zero attached hydrogens (tertiary/aromatic N) is 1. The zero-order valence-corrected chi connectivity index (χ0v) is 20.4. The van der Waals surface area contributed by atoms with E-state index in [1.807, 2.05) is 11.5 Å². The quantitative estimate of drug-likeness (QED) is 0.392. The molecule has 0 aliphatic heterocycles. The molecule has 2 atom stereocenters. The fraction of sp³-hybridized carbons (Fsp3) is 0.346. The minimum Gasteiger partial charge on any atom is -0.480 e. The third kappa shape index (κ3) is 4.92. The van der Waals surface area contributed by atoms with Gasteiger partial charge in [-0.05, 0) is 61.6 Å². The molecule has 1 aromatic heterocycles. The standard InChI is InChI=1S/C26H26BrFN2O4/c1-2-21(26(33)34)30-22-9-7-17(28)13-19(22)20-14-18(8-10-23(20)30)29-25(32)12-11-24(31)15-3-5-16(27)6-4-15/h3-7,9,13,18,21H,2,8,10-12,14H2,1H3,(H,29,32)(H,33,34). The van der Waals surface area contributed by atoms with Crippen LogP contribution in [0.15, 0.2) is 46.9 Å². The van der Waals surface area contributed by atoms with Crippen molar-refractivity contribution in [2.75, 3.05) is 0 Å². The summed E-state index contributed by atoms with van der Waals surface area (Å²) in [4.78, 5) is 36.8. The van der Waals surface area contributed by atoms with Crippen molar-refractivity contribution in [2.24, 2.45) is 0 Å². The SMILES string of the molecule is CCC(C(=O)O)n1c2c(c3cc(F)ccc31)CC(NC(=O)CCC(=O)c1ccc(Br)cc1)CC2. The van der Waals surface area contributed by atoms with Gasteiger partial charge in [-0.1, -0.05) is 35.0 Å². The molecular weight excluding hydrogens is 503 g/mol. The molecule has 3 aromatic rings. The Hall–Kier alpha value is -3.00.